The summed E-state index contributed by atoms with van der Waals surface area (Å²) in [5, 5.41) is 11.8. The molecule has 28 heavy (non-hydrogen) atoms. The molecule has 0 aliphatic rings. The van der Waals surface area contributed by atoms with Crippen molar-refractivity contribution in [2.24, 2.45) is 0 Å². The minimum absolute atomic E-state index is 0.476. The fraction of sp³-hybridized carbons (Fsp3) is 0.0556. The maximum absolute atomic E-state index is 11.4. The Balaban J connectivity index is 1.74. The second-order valence-electron chi connectivity index (χ2n) is 6.11. The van der Waals surface area contributed by atoms with Gasteiger partial charge < -0.3 is 5.32 Å². The smallest absolute Gasteiger partial charge is 0.229 e. The lowest BCUT2D eigenvalue weighted by Gasteiger charge is -2.08. The van der Waals surface area contributed by atoms with Crippen LogP contribution in [0.15, 0.2) is 54.9 Å². The van der Waals surface area contributed by atoms with Gasteiger partial charge in [-0.05, 0) is 30.3 Å². The van der Waals surface area contributed by atoms with Crippen molar-refractivity contribution in [2.45, 2.75) is 0 Å². The van der Waals surface area contributed by atoms with E-state index in [1.54, 1.807) is 36.4 Å². The van der Waals surface area contributed by atoms with E-state index < -0.39 is 10.0 Å². The number of aromatic amines is 1. The first-order chi connectivity index (χ1) is 13.4. The minimum atomic E-state index is -3.33. The van der Waals surface area contributed by atoms with Gasteiger partial charge in [-0.1, -0.05) is 29.8 Å². The van der Waals surface area contributed by atoms with Crippen LogP contribution in [0.2, 0.25) is 5.02 Å². The van der Waals surface area contributed by atoms with Crippen molar-refractivity contribution in [3.63, 3.8) is 0 Å². The number of fused-ring (bicyclic) bond motifs is 1. The van der Waals surface area contributed by atoms with Crippen molar-refractivity contribution in [2.75, 3.05) is 16.3 Å². The molecule has 0 radical (unpaired) electrons. The minimum Gasteiger partial charge on any atom is -0.339 e. The average molecular weight is 415 g/mol. The number of sulfonamides is 1. The largest absolute Gasteiger partial charge is 0.339 e. The lowest BCUT2D eigenvalue weighted by Crippen LogP contribution is -2.09. The molecule has 0 aliphatic heterocycles. The molecule has 0 bridgehead atoms. The normalized spacial score (nSPS) is 11.5. The van der Waals surface area contributed by atoms with Gasteiger partial charge in [-0.15, -0.1) is 0 Å². The molecule has 8 nitrogen and oxygen atoms in total. The molecule has 4 rings (SSSR count). The molecule has 2 heterocycles. The van der Waals surface area contributed by atoms with Crippen LogP contribution in [0.1, 0.15) is 0 Å². The molecule has 142 valence electrons. The van der Waals surface area contributed by atoms with Crippen molar-refractivity contribution in [3.05, 3.63) is 59.9 Å². The highest BCUT2D eigenvalue weighted by molar-refractivity contribution is 7.92. The molecule has 3 N–H and O–H groups in total. The molecule has 0 spiro atoms. The van der Waals surface area contributed by atoms with E-state index in [0.717, 1.165) is 17.5 Å². The van der Waals surface area contributed by atoms with Crippen LogP contribution in [0.5, 0.6) is 0 Å². The van der Waals surface area contributed by atoms with Gasteiger partial charge in [-0.2, -0.15) is 5.10 Å². The molecule has 10 heteroatoms. The summed E-state index contributed by atoms with van der Waals surface area (Å²) >= 11 is 6.06. The topological polar surface area (TPSA) is 113 Å². The van der Waals surface area contributed by atoms with Gasteiger partial charge in [0.2, 0.25) is 10.0 Å². The quantitative estimate of drug-likeness (QED) is 0.458. The Labute approximate surface area is 166 Å². The predicted molar refractivity (Wildman–Crippen MR) is 110 cm³/mol. The van der Waals surface area contributed by atoms with Gasteiger partial charge in [0.1, 0.15) is 12.1 Å². The van der Waals surface area contributed by atoms with Crippen molar-refractivity contribution < 1.29 is 8.42 Å². The second kappa shape index (κ2) is 7.10. The molecule has 2 aromatic carbocycles. The summed E-state index contributed by atoms with van der Waals surface area (Å²) in [4.78, 5) is 8.54. The molecule has 0 aliphatic carbocycles. The van der Waals surface area contributed by atoms with E-state index in [2.05, 4.69) is 30.2 Å². The molecule has 4 aromatic rings. The summed E-state index contributed by atoms with van der Waals surface area (Å²) in [6, 6.07) is 14.2. The summed E-state index contributed by atoms with van der Waals surface area (Å²) in [5.74, 6) is 0.578. The van der Waals surface area contributed by atoms with Crippen LogP contribution in [0.25, 0.3) is 22.3 Å². The van der Waals surface area contributed by atoms with Crippen LogP contribution in [0.4, 0.5) is 17.2 Å². The number of halogens is 1. The summed E-state index contributed by atoms with van der Waals surface area (Å²) in [7, 11) is -3.33. The number of hydrogen-bond donors (Lipinski definition) is 3. The molecule has 0 amide bonds. The maximum Gasteiger partial charge on any atom is 0.229 e. The van der Waals surface area contributed by atoms with E-state index in [9.17, 15) is 8.42 Å². The zero-order chi connectivity index (χ0) is 19.7. The van der Waals surface area contributed by atoms with E-state index in [0.29, 0.717) is 33.3 Å². The molecule has 0 atom stereocenters. The fourth-order valence-corrected chi connectivity index (χ4v) is 3.54. The number of hydrogen-bond acceptors (Lipinski definition) is 6. The monoisotopic (exact) mass is 414 g/mol. The molecular weight excluding hydrogens is 400 g/mol. The van der Waals surface area contributed by atoms with Gasteiger partial charge in [0.25, 0.3) is 0 Å². The van der Waals surface area contributed by atoms with Gasteiger partial charge in [-0.25, -0.2) is 18.4 Å². The molecule has 2 aromatic heterocycles. The summed E-state index contributed by atoms with van der Waals surface area (Å²) < 4.78 is 25.2. The number of aromatic nitrogens is 4. The van der Waals surface area contributed by atoms with Crippen LogP contribution < -0.4 is 10.0 Å². The van der Waals surface area contributed by atoms with E-state index >= 15 is 0 Å². The van der Waals surface area contributed by atoms with Crippen molar-refractivity contribution in [1.82, 2.24) is 20.2 Å². The van der Waals surface area contributed by atoms with E-state index in [-0.39, 0.29) is 0 Å². The van der Waals surface area contributed by atoms with Crippen LogP contribution in [0, 0.1) is 0 Å². The first-order valence-electron chi connectivity index (χ1n) is 8.19. The highest BCUT2D eigenvalue weighted by Gasteiger charge is 2.15. The number of rotatable bonds is 5. The van der Waals surface area contributed by atoms with Gasteiger partial charge in [0.05, 0.1) is 17.3 Å². The standard InChI is InChI=1S/C18H15ClN6O2S/c1-28(26,27)25-13-7-5-11(6-8-13)16-15-17(20-10-21-18(15)24-23-16)22-14-4-2-3-12(19)9-14/h2-10,25H,1H3,(H2,20,21,22,23,24). The molecular formula is C18H15ClN6O2S. The summed E-state index contributed by atoms with van der Waals surface area (Å²) in [6.45, 7) is 0. The van der Waals surface area contributed by atoms with Crippen LogP contribution in [-0.4, -0.2) is 34.8 Å². The molecule has 0 unspecified atom stereocenters. The van der Waals surface area contributed by atoms with Crippen LogP contribution in [0.3, 0.4) is 0 Å². The van der Waals surface area contributed by atoms with E-state index in [4.69, 9.17) is 11.6 Å². The van der Waals surface area contributed by atoms with Gasteiger partial charge >= 0.3 is 0 Å². The van der Waals surface area contributed by atoms with Crippen molar-refractivity contribution in [1.29, 1.82) is 0 Å². The number of nitrogens with zero attached hydrogens (tertiary/aromatic N) is 3. The third kappa shape index (κ3) is 3.90. The highest BCUT2D eigenvalue weighted by atomic mass is 35.5. The van der Waals surface area contributed by atoms with E-state index in [1.807, 2.05) is 12.1 Å². The Bertz CT molecular complexity index is 1250. The maximum atomic E-state index is 11.4. The summed E-state index contributed by atoms with van der Waals surface area (Å²) in [5.41, 5.74) is 3.29. The van der Waals surface area contributed by atoms with Gasteiger partial charge in [0.15, 0.2) is 5.65 Å². The second-order valence-corrected chi connectivity index (χ2v) is 8.29. The average Bonchev–Trinajstić information content (AvgIpc) is 3.06. The Morgan fingerprint density at radius 2 is 1.82 bits per heavy atom. The van der Waals surface area contributed by atoms with Gasteiger partial charge in [-0.3, -0.25) is 9.82 Å². The molecule has 0 saturated heterocycles. The third-order valence-electron chi connectivity index (χ3n) is 3.92. The number of anilines is 3. The number of benzene rings is 2. The number of H-pyrrole nitrogens is 1. The Hall–Kier alpha value is -3.17. The summed E-state index contributed by atoms with van der Waals surface area (Å²) in [6.07, 6.45) is 2.54. The van der Waals surface area contributed by atoms with Crippen molar-refractivity contribution >= 4 is 49.9 Å². The Kier molecular flexibility index (Phi) is 4.62. The zero-order valence-electron chi connectivity index (χ0n) is 14.6. The third-order valence-corrected chi connectivity index (χ3v) is 4.76. The van der Waals surface area contributed by atoms with Gasteiger partial charge in [0, 0.05) is 22.0 Å². The zero-order valence-corrected chi connectivity index (χ0v) is 16.2. The predicted octanol–water partition coefficient (Wildman–Crippen LogP) is 3.79. The first kappa shape index (κ1) is 18.2. The Morgan fingerprint density at radius 3 is 2.54 bits per heavy atom. The number of nitrogens with one attached hydrogen (secondary N) is 3. The molecule has 0 saturated carbocycles. The SMILES string of the molecule is CS(=O)(=O)Nc1ccc(-c2[nH]nc3ncnc(Nc4cccc(Cl)c4)c23)cc1. The highest BCUT2D eigenvalue weighted by Crippen LogP contribution is 2.32. The first-order valence-corrected chi connectivity index (χ1v) is 10.5. The fourth-order valence-electron chi connectivity index (χ4n) is 2.78. The van der Waals surface area contributed by atoms with Crippen molar-refractivity contribution in [3.8, 4) is 11.3 Å². The van der Waals surface area contributed by atoms with E-state index in [1.165, 1.54) is 6.33 Å². The Morgan fingerprint density at radius 1 is 1.04 bits per heavy atom. The lowest BCUT2D eigenvalue weighted by atomic mass is 10.1. The van der Waals surface area contributed by atoms with Crippen LogP contribution >= 0.6 is 11.6 Å². The van der Waals surface area contributed by atoms with Crippen LogP contribution in [-0.2, 0) is 10.0 Å². The lowest BCUT2D eigenvalue weighted by molar-refractivity contribution is 0.607. The molecule has 0 fully saturated rings.